The molecule has 84 valence electrons. The van der Waals surface area contributed by atoms with Crippen molar-refractivity contribution in [1.82, 2.24) is 5.32 Å². The molecule has 0 saturated heterocycles. The Labute approximate surface area is 101 Å². The van der Waals surface area contributed by atoms with E-state index >= 15 is 0 Å². The normalized spacial score (nSPS) is 14.9. The molecular formula is C9H13BrN2O2S. The van der Waals surface area contributed by atoms with Crippen molar-refractivity contribution in [2.75, 3.05) is 7.05 Å². The molecule has 1 aromatic heterocycles. The van der Waals surface area contributed by atoms with Gasteiger partial charge in [0.15, 0.2) is 0 Å². The van der Waals surface area contributed by atoms with E-state index in [0.29, 0.717) is 6.42 Å². The first-order valence-electron chi connectivity index (χ1n) is 4.45. The van der Waals surface area contributed by atoms with Gasteiger partial charge in [-0.15, -0.1) is 11.3 Å². The van der Waals surface area contributed by atoms with E-state index in [9.17, 15) is 4.79 Å². The maximum Gasteiger partial charge on any atom is 0.320 e. The summed E-state index contributed by atoms with van der Waals surface area (Å²) in [6, 6.07) is 3.07. The molecule has 0 bridgehead atoms. The van der Waals surface area contributed by atoms with E-state index in [-0.39, 0.29) is 6.04 Å². The van der Waals surface area contributed by atoms with E-state index in [0.717, 1.165) is 8.66 Å². The highest BCUT2D eigenvalue weighted by atomic mass is 79.9. The maximum atomic E-state index is 10.6. The molecule has 15 heavy (non-hydrogen) atoms. The van der Waals surface area contributed by atoms with Crippen molar-refractivity contribution in [3.8, 4) is 0 Å². The minimum Gasteiger partial charge on any atom is -0.480 e. The largest absolute Gasteiger partial charge is 0.480 e. The molecule has 2 unspecified atom stereocenters. The number of hydrogen-bond donors (Lipinski definition) is 3. The van der Waals surface area contributed by atoms with Crippen LogP contribution in [0.25, 0.3) is 0 Å². The van der Waals surface area contributed by atoms with Crippen LogP contribution in [-0.2, 0) is 4.79 Å². The van der Waals surface area contributed by atoms with Crippen LogP contribution in [0.4, 0.5) is 0 Å². The molecule has 0 saturated carbocycles. The molecule has 1 heterocycles. The summed E-state index contributed by atoms with van der Waals surface area (Å²) in [6.07, 6.45) is 0.388. The van der Waals surface area contributed by atoms with Crippen molar-refractivity contribution in [3.63, 3.8) is 0 Å². The van der Waals surface area contributed by atoms with Gasteiger partial charge >= 0.3 is 5.97 Å². The highest BCUT2D eigenvalue weighted by Gasteiger charge is 2.19. The molecule has 2 atom stereocenters. The Morgan fingerprint density at radius 3 is 2.80 bits per heavy atom. The predicted molar refractivity (Wildman–Crippen MR) is 64.0 cm³/mol. The quantitative estimate of drug-likeness (QED) is 0.770. The number of nitrogens with one attached hydrogen (secondary N) is 1. The van der Waals surface area contributed by atoms with Crippen molar-refractivity contribution >= 4 is 33.2 Å². The number of carbonyl (C=O) groups is 1. The minimum absolute atomic E-state index is 0.00704. The lowest BCUT2D eigenvalue weighted by atomic mass is 10.1. The topological polar surface area (TPSA) is 75.3 Å². The predicted octanol–water partition coefficient (Wildman–Crippen LogP) is 1.57. The van der Waals surface area contributed by atoms with Crippen LogP contribution in [0, 0.1) is 0 Å². The summed E-state index contributed by atoms with van der Waals surface area (Å²) in [6.45, 7) is 0. The zero-order valence-corrected chi connectivity index (χ0v) is 10.6. The van der Waals surface area contributed by atoms with Crippen molar-refractivity contribution < 1.29 is 9.90 Å². The summed E-state index contributed by atoms with van der Waals surface area (Å²) < 4.78 is 1.03. The molecule has 4 nitrogen and oxygen atoms in total. The van der Waals surface area contributed by atoms with Crippen molar-refractivity contribution in [1.29, 1.82) is 0 Å². The van der Waals surface area contributed by atoms with Gasteiger partial charge in [0.25, 0.3) is 0 Å². The van der Waals surface area contributed by atoms with Crippen LogP contribution in [0.15, 0.2) is 15.9 Å². The van der Waals surface area contributed by atoms with Crippen LogP contribution in [0.1, 0.15) is 17.3 Å². The molecule has 6 heteroatoms. The third-order valence-electron chi connectivity index (χ3n) is 2.09. The van der Waals surface area contributed by atoms with Crippen LogP contribution < -0.4 is 11.1 Å². The van der Waals surface area contributed by atoms with Crippen LogP contribution in [0.2, 0.25) is 0 Å². The minimum atomic E-state index is -0.967. The van der Waals surface area contributed by atoms with Crippen LogP contribution in [-0.4, -0.2) is 24.2 Å². The van der Waals surface area contributed by atoms with Gasteiger partial charge in [-0.2, -0.15) is 0 Å². The van der Waals surface area contributed by atoms with E-state index in [1.165, 1.54) is 0 Å². The lowest BCUT2D eigenvalue weighted by Crippen LogP contribution is -2.34. The Morgan fingerprint density at radius 2 is 2.40 bits per heavy atom. The van der Waals surface area contributed by atoms with E-state index in [1.54, 1.807) is 18.4 Å². The summed E-state index contributed by atoms with van der Waals surface area (Å²) in [4.78, 5) is 11.7. The van der Waals surface area contributed by atoms with Gasteiger partial charge in [-0.05, 0) is 41.5 Å². The number of thiophene rings is 1. The summed E-state index contributed by atoms with van der Waals surface area (Å²) in [5.41, 5.74) is 5.49. The second kappa shape index (κ2) is 5.60. The summed E-state index contributed by atoms with van der Waals surface area (Å²) >= 11 is 4.95. The summed E-state index contributed by atoms with van der Waals surface area (Å²) in [7, 11) is 1.80. The first-order chi connectivity index (χ1) is 7.04. The van der Waals surface area contributed by atoms with Gasteiger partial charge < -0.3 is 16.2 Å². The Morgan fingerprint density at radius 1 is 1.73 bits per heavy atom. The second-order valence-corrected chi connectivity index (χ2v) is 5.66. The SMILES string of the molecule is CNC(CC(N)C(=O)O)c1ccc(Br)s1. The third kappa shape index (κ3) is 3.57. The Bertz CT molecular complexity index is 343. The summed E-state index contributed by atoms with van der Waals surface area (Å²) in [5.74, 6) is -0.967. The highest BCUT2D eigenvalue weighted by Crippen LogP contribution is 2.29. The molecular weight excluding hydrogens is 280 g/mol. The van der Waals surface area contributed by atoms with Gasteiger partial charge in [0.05, 0.1) is 3.79 Å². The zero-order valence-electron chi connectivity index (χ0n) is 8.24. The number of carboxylic acid groups (broad SMARTS) is 1. The molecule has 0 aliphatic heterocycles. The van der Waals surface area contributed by atoms with Gasteiger partial charge in [-0.25, -0.2) is 0 Å². The van der Waals surface area contributed by atoms with E-state index < -0.39 is 12.0 Å². The fourth-order valence-corrected chi connectivity index (χ4v) is 2.79. The average molecular weight is 293 g/mol. The molecule has 1 rings (SSSR count). The van der Waals surface area contributed by atoms with Crippen molar-refractivity contribution in [2.24, 2.45) is 5.73 Å². The number of carboxylic acids is 1. The molecule has 0 fully saturated rings. The number of aliphatic carboxylic acids is 1. The first kappa shape index (κ1) is 12.6. The van der Waals surface area contributed by atoms with Gasteiger partial charge in [0.1, 0.15) is 6.04 Å². The lowest BCUT2D eigenvalue weighted by molar-refractivity contribution is -0.138. The number of hydrogen-bond acceptors (Lipinski definition) is 4. The zero-order chi connectivity index (χ0) is 11.4. The highest BCUT2D eigenvalue weighted by molar-refractivity contribution is 9.11. The number of halogens is 1. The Hall–Kier alpha value is -0.430. The molecule has 4 N–H and O–H groups in total. The number of rotatable bonds is 5. The molecule has 0 aromatic carbocycles. The van der Waals surface area contributed by atoms with Gasteiger partial charge in [-0.1, -0.05) is 0 Å². The molecule has 0 amide bonds. The van der Waals surface area contributed by atoms with Crippen LogP contribution >= 0.6 is 27.3 Å². The van der Waals surface area contributed by atoms with Gasteiger partial charge in [0.2, 0.25) is 0 Å². The smallest absolute Gasteiger partial charge is 0.320 e. The molecule has 0 radical (unpaired) electrons. The van der Waals surface area contributed by atoms with Gasteiger partial charge in [-0.3, -0.25) is 4.79 Å². The standard InChI is InChI=1S/C9H13BrN2O2S/c1-12-6(4-5(11)9(13)14)7-2-3-8(10)15-7/h2-3,5-6,12H,4,11H2,1H3,(H,13,14). The molecule has 1 aromatic rings. The van der Waals surface area contributed by atoms with Crippen molar-refractivity contribution in [2.45, 2.75) is 18.5 Å². The fourth-order valence-electron chi connectivity index (χ4n) is 1.25. The maximum absolute atomic E-state index is 10.6. The van der Waals surface area contributed by atoms with Crippen LogP contribution in [0.3, 0.4) is 0 Å². The average Bonchev–Trinajstić information content (AvgIpc) is 2.60. The van der Waals surface area contributed by atoms with Gasteiger partial charge in [0, 0.05) is 10.9 Å². The molecule has 0 aliphatic rings. The monoisotopic (exact) mass is 292 g/mol. The lowest BCUT2D eigenvalue weighted by Gasteiger charge is -2.16. The summed E-state index contributed by atoms with van der Waals surface area (Å²) in [5, 5.41) is 11.8. The molecule has 0 aliphatic carbocycles. The number of nitrogens with two attached hydrogens (primary N) is 1. The van der Waals surface area contributed by atoms with E-state index in [4.69, 9.17) is 10.8 Å². The fraction of sp³-hybridized carbons (Fsp3) is 0.444. The van der Waals surface area contributed by atoms with E-state index in [2.05, 4.69) is 21.2 Å². The van der Waals surface area contributed by atoms with E-state index in [1.807, 2.05) is 12.1 Å². The second-order valence-electron chi connectivity index (χ2n) is 3.16. The molecule has 0 spiro atoms. The first-order valence-corrected chi connectivity index (χ1v) is 6.06. The third-order valence-corrected chi connectivity index (χ3v) is 3.83. The Balaban J connectivity index is 2.68. The van der Waals surface area contributed by atoms with Crippen LogP contribution in [0.5, 0.6) is 0 Å². The van der Waals surface area contributed by atoms with Crippen molar-refractivity contribution in [3.05, 3.63) is 20.8 Å². The Kier molecular flexibility index (Phi) is 4.72.